The second-order valence-electron chi connectivity index (χ2n) is 5.67. The number of aliphatic imine (C=N–C) groups is 1. The van der Waals surface area contributed by atoms with E-state index in [0.717, 1.165) is 18.0 Å². The Bertz CT molecular complexity index is 647. The maximum absolute atomic E-state index is 13.3. The molecule has 2 N–H and O–H groups in total. The molecule has 0 aliphatic rings. The summed E-state index contributed by atoms with van der Waals surface area (Å²) >= 11 is 0. The topological polar surface area (TPSA) is 74.6 Å². The van der Waals surface area contributed by atoms with Gasteiger partial charge in [0.2, 0.25) is 0 Å². The number of amides is 1. The van der Waals surface area contributed by atoms with Crippen LogP contribution < -0.4 is 5.32 Å². The van der Waals surface area contributed by atoms with E-state index in [0.29, 0.717) is 12.5 Å². The fourth-order valence-corrected chi connectivity index (χ4v) is 1.49. The lowest BCUT2D eigenvalue weighted by molar-refractivity contribution is -0.112. The van der Waals surface area contributed by atoms with Crippen LogP contribution in [-0.4, -0.2) is 21.7 Å². The third kappa shape index (κ3) is 5.43. The van der Waals surface area contributed by atoms with Crippen LogP contribution in [-0.2, 0) is 10.7 Å². The number of nitrogens with one attached hydrogen (secondary N) is 1. The van der Waals surface area contributed by atoms with E-state index < -0.39 is 23.1 Å². The average molecular weight is 325 g/mol. The van der Waals surface area contributed by atoms with Gasteiger partial charge in [-0.15, -0.1) is 0 Å². The first-order valence-corrected chi connectivity index (χ1v) is 7.12. The number of pyridine rings is 1. The van der Waals surface area contributed by atoms with Crippen molar-refractivity contribution in [3.8, 4) is 5.75 Å². The number of nitrogens with zero attached hydrogens (tertiary/aromatic N) is 2. The first-order valence-electron chi connectivity index (χ1n) is 7.12. The summed E-state index contributed by atoms with van der Waals surface area (Å²) in [6.07, 6.45) is 2.29. The van der Waals surface area contributed by atoms with Crippen LogP contribution in [0.25, 0.3) is 0 Å². The summed E-state index contributed by atoms with van der Waals surface area (Å²) < 4.78 is 26.7. The quantitative estimate of drug-likeness (QED) is 0.637. The van der Waals surface area contributed by atoms with E-state index in [4.69, 9.17) is 0 Å². The van der Waals surface area contributed by atoms with Crippen molar-refractivity contribution < 1.29 is 18.7 Å². The molecule has 0 saturated heterocycles. The minimum absolute atomic E-state index is 0.0679. The molecule has 0 spiro atoms. The number of alkyl halides is 2. The lowest BCUT2D eigenvalue weighted by Gasteiger charge is -2.13. The fourth-order valence-electron chi connectivity index (χ4n) is 1.49. The zero-order valence-corrected chi connectivity index (χ0v) is 13.8. The number of anilines is 1. The van der Waals surface area contributed by atoms with Crippen LogP contribution >= 0.6 is 0 Å². The Morgan fingerprint density at radius 2 is 2.04 bits per heavy atom. The zero-order chi connectivity index (χ0) is 17.8. The van der Waals surface area contributed by atoms with Gasteiger partial charge in [-0.05, 0) is 25.8 Å². The minimum atomic E-state index is -3.24. The van der Waals surface area contributed by atoms with Crippen molar-refractivity contribution in [2.75, 3.05) is 5.32 Å². The average Bonchev–Trinajstić information content (AvgIpc) is 2.44. The molecule has 0 saturated carbocycles. The summed E-state index contributed by atoms with van der Waals surface area (Å²) in [5, 5.41) is 11.8. The van der Waals surface area contributed by atoms with E-state index in [2.05, 4.69) is 15.3 Å². The van der Waals surface area contributed by atoms with Crippen molar-refractivity contribution in [1.82, 2.24) is 4.98 Å². The fraction of sp³-hybridized carbons (Fsp3) is 0.438. The number of carbonyl (C=O) groups excluding carboxylic acids is 1. The Balaban J connectivity index is 2.94. The molecule has 0 aliphatic heterocycles. The summed E-state index contributed by atoms with van der Waals surface area (Å²) in [4.78, 5) is 19.9. The first-order chi connectivity index (χ1) is 10.5. The largest absolute Gasteiger partial charge is 0.506 e. The molecule has 126 valence electrons. The molecule has 1 aromatic heterocycles. The number of carbonyl (C=O) groups is 1. The summed E-state index contributed by atoms with van der Waals surface area (Å²) in [7, 11) is 0. The predicted molar refractivity (Wildman–Crippen MR) is 85.8 cm³/mol. The van der Waals surface area contributed by atoms with Gasteiger partial charge in [0, 0.05) is 24.4 Å². The van der Waals surface area contributed by atoms with Crippen LogP contribution in [0.2, 0.25) is 0 Å². The lowest BCUT2D eigenvalue weighted by Crippen LogP contribution is -2.15. The molecule has 1 heterocycles. The van der Waals surface area contributed by atoms with Crippen LogP contribution in [0.1, 0.15) is 40.2 Å². The number of aromatic hydroxyl groups is 1. The van der Waals surface area contributed by atoms with Crippen molar-refractivity contribution in [2.45, 2.75) is 40.5 Å². The Morgan fingerprint density at radius 3 is 2.57 bits per heavy atom. The molecule has 1 amide bonds. The van der Waals surface area contributed by atoms with Crippen molar-refractivity contribution in [3.63, 3.8) is 0 Å². The molecular formula is C16H21F2N3O2. The van der Waals surface area contributed by atoms with Gasteiger partial charge in [-0.25, -0.2) is 13.8 Å². The Labute approximate surface area is 134 Å². The molecular weight excluding hydrogens is 304 g/mol. The molecule has 0 unspecified atom stereocenters. The van der Waals surface area contributed by atoms with Crippen LogP contribution in [0.5, 0.6) is 5.75 Å². The molecule has 5 nitrogen and oxygen atoms in total. The number of halogens is 2. The van der Waals surface area contributed by atoms with Crippen LogP contribution in [0.4, 0.5) is 14.6 Å². The van der Waals surface area contributed by atoms with Crippen LogP contribution in [0, 0.1) is 5.92 Å². The van der Waals surface area contributed by atoms with E-state index in [9.17, 15) is 18.7 Å². The lowest BCUT2D eigenvalue weighted by atomic mass is 10.1. The van der Waals surface area contributed by atoms with E-state index in [-0.39, 0.29) is 11.7 Å². The monoisotopic (exact) mass is 325 g/mol. The first kappa shape index (κ1) is 18.7. The highest BCUT2D eigenvalue weighted by Gasteiger charge is 2.28. The summed E-state index contributed by atoms with van der Waals surface area (Å²) in [6.45, 7) is 8.03. The minimum Gasteiger partial charge on any atom is -0.506 e. The summed E-state index contributed by atoms with van der Waals surface area (Å²) in [5.74, 6) is -4.18. The van der Waals surface area contributed by atoms with Gasteiger partial charge in [0.15, 0.2) is 0 Å². The third-order valence-corrected chi connectivity index (χ3v) is 3.25. The molecule has 0 aliphatic carbocycles. The van der Waals surface area contributed by atoms with Gasteiger partial charge in [-0.3, -0.25) is 9.79 Å². The van der Waals surface area contributed by atoms with Crippen LogP contribution in [0.3, 0.4) is 0 Å². The zero-order valence-electron chi connectivity index (χ0n) is 13.8. The van der Waals surface area contributed by atoms with E-state index in [1.807, 2.05) is 20.8 Å². The maximum Gasteiger partial charge on any atom is 0.274 e. The van der Waals surface area contributed by atoms with E-state index in [1.54, 1.807) is 6.92 Å². The summed E-state index contributed by atoms with van der Waals surface area (Å²) in [6, 6.07) is 0.948. The van der Waals surface area contributed by atoms with Crippen molar-refractivity contribution >= 4 is 17.4 Å². The van der Waals surface area contributed by atoms with Gasteiger partial charge in [0.1, 0.15) is 11.6 Å². The van der Waals surface area contributed by atoms with Gasteiger partial charge >= 0.3 is 0 Å². The molecule has 0 atom stereocenters. The standard InChI is InChI=1S/C16H21F2N3O2/c1-9(2)11(4)19-7-10(3)15(23)21-14-6-12(16(5,17)18)13(22)8-20-14/h6-9,22H,1-5H3,(H,20,21,23)/b10-7+,19-11?. The smallest absolute Gasteiger partial charge is 0.274 e. The SMILES string of the molecule is CC(=N/C=C(\C)C(=O)Nc1cc(C(C)(F)F)c(O)cn1)C(C)C. The van der Waals surface area contributed by atoms with E-state index >= 15 is 0 Å². The van der Waals surface area contributed by atoms with Gasteiger partial charge in [-0.1, -0.05) is 13.8 Å². The Morgan fingerprint density at radius 1 is 1.43 bits per heavy atom. The molecule has 0 aromatic carbocycles. The van der Waals surface area contributed by atoms with Gasteiger partial charge < -0.3 is 10.4 Å². The molecule has 0 bridgehead atoms. The van der Waals surface area contributed by atoms with E-state index in [1.165, 1.54) is 6.20 Å². The molecule has 23 heavy (non-hydrogen) atoms. The second-order valence-corrected chi connectivity index (χ2v) is 5.67. The predicted octanol–water partition coefficient (Wildman–Crippen LogP) is 3.86. The van der Waals surface area contributed by atoms with Crippen molar-refractivity contribution in [2.24, 2.45) is 10.9 Å². The Hall–Kier alpha value is -2.31. The van der Waals surface area contributed by atoms with Gasteiger partial charge in [0.25, 0.3) is 11.8 Å². The number of rotatable bonds is 5. The molecule has 0 radical (unpaired) electrons. The normalized spacial score (nSPS) is 13.4. The second kappa shape index (κ2) is 7.30. The highest BCUT2D eigenvalue weighted by atomic mass is 19.3. The van der Waals surface area contributed by atoms with Crippen LogP contribution in [0.15, 0.2) is 29.0 Å². The summed E-state index contributed by atoms with van der Waals surface area (Å²) in [5.41, 5.74) is 0.579. The Kier molecular flexibility index (Phi) is 5.95. The molecule has 1 rings (SSSR count). The van der Waals surface area contributed by atoms with Crippen molar-refractivity contribution in [3.05, 3.63) is 29.6 Å². The maximum atomic E-state index is 13.3. The molecule has 0 fully saturated rings. The highest BCUT2D eigenvalue weighted by molar-refractivity contribution is 6.03. The molecule has 1 aromatic rings. The number of hydrogen-bond acceptors (Lipinski definition) is 4. The highest BCUT2D eigenvalue weighted by Crippen LogP contribution is 2.34. The van der Waals surface area contributed by atoms with Gasteiger partial charge in [0.05, 0.1) is 11.8 Å². The third-order valence-electron chi connectivity index (χ3n) is 3.25. The molecule has 7 heteroatoms. The van der Waals surface area contributed by atoms with Gasteiger partial charge in [-0.2, -0.15) is 0 Å². The number of hydrogen-bond donors (Lipinski definition) is 2. The number of aromatic nitrogens is 1. The van der Waals surface area contributed by atoms with Crippen molar-refractivity contribution in [1.29, 1.82) is 0 Å².